The van der Waals surface area contributed by atoms with Gasteiger partial charge in [-0.1, -0.05) is 5.16 Å². The van der Waals surface area contributed by atoms with E-state index in [2.05, 4.69) is 20.4 Å². The lowest BCUT2D eigenvalue weighted by atomic mass is 10.0. The van der Waals surface area contributed by atoms with Crippen molar-refractivity contribution in [2.45, 2.75) is 43.6 Å². The van der Waals surface area contributed by atoms with Crippen LogP contribution in [-0.2, 0) is 19.1 Å². The first kappa shape index (κ1) is 20.2. The van der Waals surface area contributed by atoms with Gasteiger partial charge in [0, 0.05) is 32.2 Å². The number of likely N-dealkylation sites (tertiary alicyclic amines) is 1. The highest BCUT2D eigenvalue weighted by Crippen LogP contribution is 2.39. The van der Waals surface area contributed by atoms with Crippen molar-refractivity contribution < 1.29 is 33.9 Å². The fourth-order valence-corrected chi connectivity index (χ4v) is 3.07. The Bertz CT molecular complexity index is 694. The van der Waals surface area contributed by atoms with E-state index in [0.29, 0.717) is 19.0 Å². The van der Waals surface area contributed by atoms with Gasteiger partial charge in [0.1, 0.15) is 0 Å². The van der Waals surface area contributed by atoms with Crippen LogP contribution in [0.15, 0.2) is 4.52 Å². The highest BCUT2D eigenvalue weighted by molar-refractivity contribution is 6.27. The number of aliphatic carboxylic acids is 2. The summed E-state index contributed by atoms with van der Waals surface area (Å²) in [6, 6.07) is 0. The monoisotopic (exact) mass is 396 g/mol. The van der Waals surface area contributed by atoms with Crippen molar-refractivity contribution in [3.8, 4) is 0 Å². The van der Waals surface area contributed by atoms with E-state index in [9.17, 15) is 4.79 Å². The lowest BCUT2D eigenvalue weighted by Crippen LogP contribution is -2.50. The predicted octanol–water partition coefficient (Wildman–Crippen LogP) is -0.203. The number of rotatable bonds is 6. The lowest BCUT2D eigenvalue weighted by Gasteiger charge is -2.36. The lowest BCUT2D eigenvalue weighted by molar-refractivity contribution is -0.159. The second-order valence-corrected chi connectivity index (χ2v) is 7.21. The Balaban J connectivity index is 0.000000330. The Morgan fingerprint density at radius 3 is 2.39 bits per heavy atom. The average molecular weight is 396 g/mol. The summed E-state index contributed by atoms with van der Waals surface area (Å²) in [7, 11) is 0. The zero-order valence-electron chi connectivity index (χ0n) is 15.4. The van der Waals surface area contributed by atoms with Gasteiger partial charge >= 0.3 is 11.9 Å². The maximum Gasteiger partial charge on any atom is 0.414 e. The molecule has 1 aliphatic carbocycles. The molecule has 3 N–H and O–H groups in total. The summed E-state index contributed by atoms with van der Waals surface area (Å²) in [4.78, 5) is 36.7. The fraction of sp³-hybridized carbons (Fsp3) is 0.706. The Morgan fingerprint density at radius 1 is 1.11 bits per heavy atom. The van der Waals surface area contributed by atoms with Gasteiger partial charge in [0.05, 0.1) is 18.6 Å². The van der Waals surface area contributed by atoms with E-state index >= 15 is 0 Å². The third-order valence-corrected chi connectivity index (χ3v) is 4.81. The number of aromatic nitrogens is 2. The third kappa shape index (κ3) is 5.73. The first-order chi connectivity index (χ1) is 13.4. The van der Waals surface area contributed by atoms with Crippen molar-refractivity contribution in [2.24, 2.45) is 0 Å². The quantitative estimate of drug-likeness (QED) is 0.550. The predicted molar refractivity (Wildman–Crippen MR) is 92.7 cm³/mol. The fourth-order valence-electron chi connectivity index (χ4n) is 3.07. The molecule has 0 spiro atoms. The van der Waals surface area contributed by atoms with Gasteiger partial charge in [0.2, 0.25) is 11.8 Å². The number of carboxylic acids is 2. The molecule has 1 aromatic heterocycles. The van der Waals surface area contributed by atoms with Crippen LogP contribution >= 0.6 is 0 Å². The zero-order chi connectivity index (χ0) is 20.1. The summed E-state index contributed by atoms with van der Waals surface area (Å²) in [6.07, 6.45) is 4.71. The molecule has 0 radical (unpaired) electrons. The summed E-state index contributed by atoms with van der Waals surface area (Å²) in [5, 5.41) is 21.8. The van der Waals surface area contributed by atoms with E-state index in [1.54, 1.807) is 0 Å². The SMILES string of the molecule is O=C(CN1CC(c2nc(C3CC3)no2)C1)NCC1CCCO1.O=C(O)C(=O)O. The molecule has 2 saturated heterocycles. The molecule has 1 saturated carbocycles. The van der Waals surface area contributed by atoms with E-state index in [1.807, 2.05) is 0 Å². The molecular formula is C17H24N4O7. The number of nitrogens with one attached hydrogen (secondary N) is 1. The minimum absolute atomic E-state index is 0.0677. The zero-order valence-corrected chi connectivity index (χ0v) is 15.4. The van der Waals surface area contributed by atoms with Gasteiger partial charge in [-0.15, -0.1) is 0 Å². The van der Waals surface area contributed by atoms with Gasteiger partial charge < -0.3 is 24.8 Å². The molecule has 4 rings (SSSR count). The highest BCUT2D eigenvalue weighted by atomic mass is 16.5. The number of ether oxygens (including phenoxy) is 1. The second kappa shape index (κ2) is 9.11. The van der Waals surface area contributed by atoms with Crippen molar-refractivity contribution >= 4 is 17.8 Å². The molecule has 3 aliphatic rings. The smallest absolute Gasteiger partial charge is 0.414 e. The van der Waals surface area contributed by atoms with E-state index < -0.39 is 11.9 Å². The molecule has 154 valence electrons. The maximum absolute atomic E-state index is 11.9. The van der Waals surface area contributed by atoms with E-state index in [-0.39, 0.29) is 17.9 Å². The van der Waals surface area contributed by atoms with Gasteiger partial charge in [-0.3, -0.25) is 9.69 Å². The van der Waals surface area contributed by atoms with Crippen LogP contribution in [-0.4, -0.2) is 82.0 Å². The van der Waals surface area contributed by atoms with Gasteiger partial charge in [0.25, 0.3) is 0 Å². The molecule has 11 nitrogen and oxygen atoms in total. The van der Waals surface area contributed by atoms with Crippen molar-refractivity contribution in [2.75, 3.05) is 32.8 Å². The number of amides is 1. The van der Waals surface area contributed by atoms with Crippen molar-refractivity contribution in [3.05, 3.63) is 11.7 Å². The summed E-state index contributed by atoms with van der Waals surface area (Å²) in [5.74, 6) is -1.17. The van der Waals surface area contributed by atoms with Crippen LogP contribution in [0.4, 0.5) is 0 Å². The number of hydrogen-bond donors (Lipinski definition) is 3. The van der Waals surface area contributed by atoms with Crippen molar-refractivity contribution in [1.29, 1.82) is 0 Å². The highest BCUT2D eigenvalue weighted by Gasteiger charge is 2.35. The number of carboxylic acid groups (broad SMARTS) is 2. The Labute approximate surface area is 161 Å². The first-order valence-corrected chi connectivity index (χ1v) is 9.32. The van der Waals surface area contributed by atoms with E-state index in [4.69, 9.17) is 29.1 Å². The Kier molecular flexibility index (Phi) is 6.57. The first-order valence-electron chi connectivity index (χ1n) is 9.32. The molecule has 11 heteroatoms. The average Bonchev–Trinajstić information content (AvgIpc) is 3.14. The molecule has 1 amide bonds. The Hall–Kier alpha value is -2.53. The summed E-state index contributed by atoms with van der Waals surface area (Å²) < 4.78 is 10.8. The molecular weight excluding hydrogens is 372 g/mol. The van der Waals surface area contributed by atoms with Gasteiger partial charge in [-0.25, -0.2) is 9.59 Å². The third-order valence-electron chi connectivity index (χ3n) is 4.81. The normalized spacial score (nSPS) is 22.1. The van der Waals surface area contributed by atoms with Crippen LogP contribution in [0.1, 0.15) is 49.2 Å². The maximum atomic E-state index is 11.9. The standard InChI is InChI=1S/C15H22N4O3.C2H2O4/c20-13(16-6-12-2-1-5-21-12)9-19-7-11(8-19)15-17-14(18-22-15)10-3-4-10;3-1(4)2(5)6/h10-12H,1-9H2,(H,16,20);(H,3,4)(H,5,6). The molecule has 1 unspecified atom stereocenters. The van der Waals surface area contributed by atoms with Crippen LogP contribution in [0, 0.1) is 0 Å². The minimum atomic E-state index is -1.82. The van der Waals surface area contributed by atoms with Crippen LogP contribution in [0.2, 0.25) is 0 Å². The van der Waals surface area contributed by atoms with E-state index in [0.717, 1.165) is 44.3 Å². The van der Waals surface area contributed by atoms with Crippen LogP contribution in [0.25, 0.3) is 0 Å². The summed E-state index contributed by atoms with van der Waals surface area (Å²) >= 11 is 0. The number of nitrogens with zero attached hydrogens (tertiary/aromatic N) is 3. The molecule has 0 aromatic carbocycles. The molecule has 2 aliphatic heterocycles. The minimum Gasteiger partial charge on any atom is -0.473 e. The van der Waals surface area contributed by atoms with Gasteiger partial charge in [-0.05, 0) is 25.7 Å². The molecule has 28 heavy (non-hydrogen) atoms. The van der Waals surface area contributed by atoms with Crippen LogP contribution in [0.3, 0.4) is 0 Å². The van der Waals surface area contributed by atoms with E-state index in [1.165, 1.54) is 12.8 Å². The molecule has 0 bridgehead atoms. The largest absolute Gasteiger partial charge is 0.473 e. The molecule has 1 atom stereocenters. The van der Waals surface area contributed by atoms with Crippen molar-refractivity contribution in [3.63, 3.8) is 0 Å². The molecule has 3 heterocycles. The summed E-state index contributed by atoms with van der Waals surface area (Å²) in [5.41, 5.74) is 0. The second-order valence-electron chi connectivity index (χ2n) is 7.21. The Morgan fingerprint density at radius 2 is 1.82 bits per heavy atom. The topological polar surface area (TPSA) is 155 Å². The van der Waals surface area contributed by atoms with Crippen LogP contribution < -0.4 is 5.32 Å². The van der Waals surface area contributed by atoms with Crippen molar-refractivity contribution in [1.82, 2.24) is 20.4 Å². The number of carbonyl (C=O) groups is 3. The van der Waals surface area contributed by atoms with Crippen LogP contribution in [0.5, 0.6) is 0 Å². The van der Waals surface area contributed by atoms with Gasteiger partial charge in [-0.2, -0.15) is 4.98 Å². The molecule has 1 aromatic rings. The van der Waals surface area contributed by atoms with Gasteiger partial charge in [0.15, 0.2) is 5.82 Å². The number of hydrogen-bond acceptors (Lipinski definition) is 8. The summed E-state index contributed by atoms with van der Waals surface area (Å²) in [6.45, 7) is 3.53. The molecule has 3 fully saturated rings. The number of carbonyl (C=O) groups excluding carboxylic acids is 1.